The van der Waals surface area contributed by atoms with Gasteiger partial charge in [0.15, 0.2) is 5.69 Å². The maximum atomic E-state index is 12.9. The molecule has 1 fully saturated rings. The number of carboxylic acids is 1. The van der Waals surface area contributed by atoms with Gasteiger partial charge in [0.2, 0.25) is 5.88 Å². The van der Waals surface area contributed by atoms with Crippen LogP contribution in [0.25, 0.3) is 0 Å². The van der Waals surface area contributed by atoms with Crippen LogP contribution in [0.2, 0.25) is 0 Å². The van der Waals surface area contributed by atoms with Crippen LogP contribution in [-0.4, -0.2) is 50.3 Å². The number of rotatable bonds is 5. The lowest BCUT2D eigenvalue weighted by atomic mass is 10.0. The number of hydrogen-bond donors (Lipinski definition) is 1. The number of nitrogens with zero attached hydrogens (tertiary/aromatic N) is 4. The van der Waals surface area contributed by atoms with E-state index >= 15 is 0 Å². The smallest absolute Gasteiger partial charge is 0.356 e. The molecule has 1 saturated carbocycles. The molecule has 2 aromatic heterocycles. The Morgan fingerprint density at radius 3 is 2.88 bits per heavy atom. The summed E-state index contributed by atoms with van der Waals surface area (Å²) < 4.78 is 7.01. The van der Waals surface area contributed by atoms with Crippen LogP contribution >= 0.6 is 0 Å². The van der Waals surface area contributed by atoms with E-state index in [1.54, 1.807) is 23.2 Å². The highest BCUT2D eigenvalue weighted by atomic mass is 16.5. The second-order valence-electron chi connectivity index (χ2n) is 6.74. The average Bonchev–Trinajstić information content (AvgIpc) is 3.40. The van der Waals surface area contributed by atoms with E-state index in [1.165, 1.54) is 20.0 Å². The Balaban J connectivity index is 1.63. The molecule has 0 unspecified atom stereocenters. The van der Waals surface area contributed by atoms with Gasteiger partial charge in [-0.1, -0.05) is 0 Å². The predicted molar refractivity (Wildman–Crippen MR) is 91.1 cm³/mol. The fraction of sp³-hybridized carbons (Fsp3) is 0.444. The first-order valence-electron chi connectivity index (χ1n) is 8.68. The monoisotopic (exact) mass is 356 g/mol. The third-order valence-electron chi connectivity index (χ3n) is 4.95. The van der Waals surface area contributed by atoms with Crippen LogP contribution in [0.3, 0.4) is 0 Å². The quantitative estimate of drug-likeness (QED) is 0.874. The summed E-state index contributed by atoms with van der Waals surface area (Å²) in [5, 5.41) is 13.8. The summed E-state index contributed by atoms with van der Waals surface area (Å²) >= 11 is 0. The molecule has 4 rings (SSSR count). The first-order chi connectivity index (χ1) is 12.6. The van der Waals surface area contributed by atoms with Crippen LogP contribution in [0.5, 0.6) is 5.88 Å². The molecule has 26 heavy (non-hydrogen) atoms. The van der Waals surface area contributed by atoms with Crippen LogP contribution in [0.15, 0.2) is 18.3 Å². The second kappa shape index (κ2) is 6.44. The highest BCUT2D eigenvalue weighted by Crippen LogP contribution is 2.33. The molecule has 0 aromatic carbocycles. The van der Waals surface area contributed by atoms with Crippen molar-refractivity contribution in [3.63, 3.8) is 0 Å². The molecule has 0 radical (unpaired) electrons. The maximum absolute atomic E-state index is 12.9. The Kier molecular flexibility index (Phi) is 4.10. The summed E-state index contributed by atoms with van der Waals surface area (Å²) in [6.45, 7) is 1.51. The molecule has 1 aliphatic heterocycles. The van der Waals surface area contributed by atoms with Crippen molar-refractivity contribution in [1.29, 1.82) is 0 Å². The standard InChI is InChI=1S/C18H20N4O4/c1-26-16-12(3-2-7-19-16)17(23)21-8-6-14-13(10-21)15(18(24)25)20-22(14)9-11-4-5-11/h2-3,7,11H,4-6,8-10H2,1H3,(H,24,25). The molecule has 1 N–H and O–H groups in total. The van der Waals surface area contributed by atoms with Crippen LogP contribution in [-0.2, 0) is 19.5 Å². The number of aromatic carboxylic acids is 1. The van der Waals surface area contributed by atoms with Gasteiger partial charge in [-0.25, -0.2) is 9.78 Å². The summed E-state index contributed by atoms with van der Waals surface area (Å²) in [5.74, 6) is -0.401. The third-order valence-corrected chi connectivity index (χ3v) is 4.95. The van der Waals surface area contributed by atoms with Crippen LogP contribution in [0.4, 0.5) is 0 Å². The van der Waals surface area contributed by atoms with Gasteiger partial charge in [0.25, 0.3) is 5.91 Å². The lowest BCUT2D eigenvalue weighted by molar-refractivity contribution is 0.0673. The van der Waals surface area contributed by atoms with Gasteiger partial charge in [-0.05, 0) is 30.9 Å². The van der Waals surface area contributed by atoms with E-state index in [4.69, 9.17) is 4.74 Å². The molecule has 0 atom stereocenters. The SMILES string of the molecule is COc1ncccc1C(=O)N1CCc2c(c(C(=O)O)nn2CC2CC2)C1. The highest BCUT2D eigenvalue weighted by Gasteiger charge is 2.33. The van der Waals surface area contributed by atoms with Gasteiger partial charge < -0.3 is 14.7 Å². The van der Waals surface area contributed by atoms with Crippen LogP contribution in [0, 0.1) is 5.92 Å². The fourth-order valence-corrected chi connectivity index (χ4v) is 3.42. The van der Waals surface area contributed by atoms with Crippen molar-refractivity contribution >= 4 is 11.9 Å². The molecular formula is C18H20N4O4. The van der Waals surface area contributed by atoms with Crippen molar-refractivity contribution in [3.8, 4) is 5.88 Å². The van der Waals surface area contributed by atoms with Crippen LogP contribution < -0.4 is 4.74 Å². The van der Waals surface area contributed by atoms with Crippen molar-refractivity contribution in [1.82, 2.24) is 19.7 Å². The zero-order chi connectivity index (χ0) is 18.3. The Labute approximate surface area is 150 Å². The van der Waals surface area contributed by atoms with E-state index < -0.39 is 5.97 Å². The third kappa shape index (κ3) is 2.91. The number of hydrogen-bond acceptors (Lipinski definition) is 5. The molecular weight excluding hydrogens is 336 g/mol. The Morgan fingerprint density at radius 2 is 2.19 bits per heavy atom. The van der Waals surface area contributed by atoms with E-state index in [2.05, 4.69) is 10.1 Å². The molecule has 2 aromatic rings. The van der Waals surface area contributed by atoms with Gasteiger partial charge in [0.05, 0.1) is 13.7 Å². The number of fused-ring (bicyclic) bond motifs is 1. The molecule has 3 heterocycles. The van der Waals surface area contributed by atoms with Gasteiger partial charge >= 0.3 is 5.97 Å². The van der Waals surface area contributed by atoms with Crippen molar-refractivity contribution in [2.75, 3.05) is 13.7 Å². The first kappa shape index (κ1) is 16.6. The average molecular weight is 356 g/mol. The van der Waals surface area contributed by atoms with E-state index in [9.17, 15) is 14.7 Å². The Bertz CT molecular complexity index is 872. The fourth-order valence-electron chi connectivity index (χ4n) is 3.42. The Hall–Kier alpha value is -2.90. The largest absolute Gasteiger partial charge is 0.480 e. The van der Waals surface area contributed by atoms with E-state index in [0.29, 0.717) is 30.0 Å². The van der Waals surface area contributed by atoms with E-state index in [1.807, 2.05) is 4.68 Å². The molecule has 1 aliphatic carbocycles. The molecule has 8 nitrogen and oxygen atoms in total. The number of aromatic nitrogens is 3. The number of carbonyl (C=O) groups is 2. The molecule has 1 amide bonds. The highest BCUT2D eigenvalue weighted by molar-refractivity contribution is 5.96. The van der Waals surface area contributed by atoms with Gasteiger partial charge in [0.1, 0.15) is 5.56 Å². The van der Waals surface area contributed by atoms with Crippen LogP contribution in [0.1, 0.15) is 44.9 Å². The minimum atomic E-state index is -1.05. The number of carbonyl (C=O) groups excluding carboxylic acids is 1. The van der Waals surface area contributed by atoms with Crippen molar-refractivity contribution < 1.29 is 19.4 Å². The topological polar surface area (TPSA) is 97.6 Å². The number of pyridine rings is 1. The summed E-state index contributed by atoms with van der Waals surface area (Å²) in [7, 11) is 1.47. The van der Waals surface area contributed by atoms with Crippen molar-refractivity contribution in [2.24, 2.45) is 5.92 Å². The van der Waals surface area contributed by atoms with Crippen molar-refractivity contribution in [2.45, 2.75) is 32.4 Å². The van der Waals surface area contributed by atoms with E-state index in [-0.39, 0.29) is 24.0 Å². The minimum absolute atomic E-state index is 0.0521. The number of amides is 1. The molecule has 136 valence electrons. The summed E-state index contributed by atoms with van der Waals surface area (Å²) in [4.78, 5) is 30.2. The summed E-state index contributed by atoms with van der Waals surface area (Å²) in [6, 6.07) is 3.35. The van der Waals surface area contributed by atoms with Gasteiger partial charge in [-0.2, -0.15) is 5.10 Å². The number of methoxy groups -OCH3 is 1. The maximum Gasteiger partial charge on any atom is 0.356 e. The molecule has 2 aliphatic rings. The number of carboxylic acid groups (broad SMARTS) is 1. The second-order valence-corrected chi connectivity index (χ2v) is 6.74. The molecule has 0 bridgehead atoms. The van der Waals surface area contributed by atoms with E-state index in [0.717, 1.165) is 12.2 Å². The van der Waals surface area contributed by atoms with Gasteiger partial charge in [-0.15, -0.1) is 0 Å². The summed E-state index contributed by atoms with van der Waals surface area (Å²) in [5.41, 5.74) is 2.01. The lowest BCUT2D eigenvalue weighted by Gasteiger charge is -2.28. The number of ether oxygens (including phenoxy) is 1. The Morgan fingerprint density at radius 1 is 1.38 bits per heavy atom. The molecule has 0 spiro atoms. The zero-order valence-corrected chi connectivity index (χ0v) is 14.5. The normalized spacial score (nSPS) is 16.3. The predicted octanol–water partition coefficient (Wildman–Crippen LogP) is 1.59. The van der Waals surface area contributed by atoms with Gasteiger partial charge in [-0.3, -0.25) is 9.48 Å². The summed E-state index contributed by atoms with van der Waals surface area (Å²) in [6.07, 6.45) is 4.50. The zero-order valence-electron chi connectivity index (χ0n) is 14.5. The van der Waals surface area contributed by atoms with Crippen molar-refractivity contribution in [3.05, 3.63) is 40.8 Å². The van der Waals surface area contributed by atoms with Gasteiger partial charge in [0, 0.05) is 37.0 Å². The lowest BCUT2D eigenvalue weighted by Crippen LogP contribution is -2.37. The molecule has 8 heteroatoms. The first-order valence-corrected chi connectivity index (χ1v) is 8.68. The molecule has 0 saturated heterocycles. The minimum Gasteiger partial charge on any atom is -0.480 e.